The van der Waals surface area contributed by atoms with Gasteiger partial charge in [0.15, 0.2) is 5.13 Å². The Morgan fingerprint density at radius 3 is 2.50 bits per heavy atom. The number of aryl methyl sites for hydroxylation is 2. The highest BCUT2D eigenvalue weighted by Crippen LogP contribution is 2.32. The van der Waals surface area contributed by atoms with E-state index in [1.165, 1.54) is 16.9 Å². The van der Waals surface area contributed by atoms with Crippen LogP contribution in [-0.2, 0) is 22.4 Å². The molecule has 0 bridgehead atoms. The molecule has 1 unspecified atom stereocenters. The van der Waals surface area contributed by atoms with Crippen LogP contribution in [0, 0.1) is 5.92 Å². The van der Waals surface area contributed by atoms with Crippen molar-refractivity contribution in [2.45, 2.75) is 33.1 Å². The molecule has 2 heterocycles. The van der Waals surface area contributed by atoms with Crippen molar-refractivity contribution in [3.05, 3.63) is 65.0 Å². The first kappa shape index (κ1) is 20.3. The summed E-state index contributed by atoms with van der Waals surface area (Å²) in [6.45, 7) is 4.58. The van der Waals surface area contributed by atoms with Crippen molar-refractivity contribution >= 4 is 34.0 Å². The molecule has 1 aromatic heterocycles. The second kappa shape index (κ2) is 8.79. The lowest BCUT2D eigenvalue weighted by Gasteiger charge is -2.17. The summed E-state index contributed by atoms with van der Waals surface area (Å²) in [5.74, 6) is -0.540. The van der Waals surface area contributed by atoms with Gasteiger partial charge in [0.2, 0.25) is 11.8 Å². The molecule has 1 saturated heterocycles. The molecule has 1 atom stereocenters. The molecule has 30 heavy (non-hydrogen) atoms. The van der Waals surface area contributed by atoms with Crippen LogP contribution in [0.5, 0.6) is 0 Å². The molecule has 0 spiro atoms. The Hall–Kier alpha value is -2.99. The maximum atomic E-state index is 12.9. The van der Waals surface area contributed by atoms with Gasteiger partial charge in [-0.25, -0.2) is 4.98 Å². The molecule has 0 radical (unpaired) electrons. The fourth-order valence-electron chi connectivity index (χ4n) is 3.72. The van der Waals surface area contributed by atoms with E-state index in [4.69, 9.17) is 0 Å². The van der Waals surface area contributed by atoms with Crippen LogP contribution in [0.15, 0.2) is 54.6 Å². The first-order chi connectivity index (χ1) is 14.6. The summed E-state index contributed by atoms with van der Waals surface area (Å²) < 4.78 is 0. The van der Waals surface area contributed by atoms with E-state index < -0.39 is 0 Å². The summed E-state index contributed by atoms with van der Waals surface area (Å²) in [7, 11) is 0. The number of nitrogens with one attached hydrogen (secondary N) is 1. The average Bonchev–Trinajstić information content (AvgIpc) is 3.37. The number of hydrogen-bond acceptors (Lipinski definition) is 4. The quantitative estimate of drug-likeness (QED) is 0.616. The summed E-state index contributed by atoms with van der Waals surface area (Å²) in [5.41, 5.74) is 4.04. The van der Waals surface area contributed by atoms with Gasteiger partial charge >= 0.3 is 0 Å². The van der Waals surface area contributed by atoms with Crippen molar-refractivity contribution < 1.29 is 9.59 Å². The molecule has 1 aliphatic rings. The lowest BCUT2D eigenvalue weighted by atomic mass is 10.1. The number of amides is 2. The minimum absolute atomic E-state index is 0.0160. The van der Waals surface area contributed by atoms with Crippen LogP contribution in [0.2, 0.25) is 0 Å². The predicted octanol–water partition coefficient (Wildman–Crippen LogP) is 4.93. The number of hydrogen-bond donors (Lipinski definition) is 1. The molecular weight excluding hydrogens is 394 g/mol. The van der Waals surface area contributed by atoms with Crippen LogP contribution < -0.4 is 10.2 Å². The zero-order chi connectivity index (χ0) is 21.1. The predicted molar refractivity (Wildman–Crippen MR) is 122 cm³/mol. The van der Waals surface area contributed by atoms with E-state index in [0.29, 0.717) is 11.7 Å². The Kier molecular flexibility index (Phi) is 5.95. The highest BCUT2D eigenvalue weighted by molar-refractivity contribution is 7.16. The molecule has 6 heteroatoms. The third kappa shape index (κ3) is 4.14. The number of thiazole rings is 1. The second-order valence-electron chi connectivity index (χ2n) is 7.43. The summed E-state index contributed by atoms with van der Waals surface area (Å²) in [6, 6.07) is 18.0. The summed E-state index contributed by atoms with van der Waals surface area (Å²) in [5, 5.41) is 3.54. The van der Waals surface area contributed by atoms with Crippen molar-refractivity contribution in [2.75, 3.05) is 16.8 Å². The molecule has 2 amide bonds. The van der Waals surface area contributed by atoms with Crippen molar-refractivity contribution in [2.24, 2.45) is 5.92 Å². The molecule has 2 aromatic carbocycles. The van der Waals surface area contributed by atoms with Gasteiger partial charge in [0.05, 0.1) is 11.6 Å². The first-order valence-corrected chi connectivity index (χ1v) is 11.2. The molecule has 1 fully saturated rings. The van der Waals surface area contributed by atoms with Gasteiger partial charge in [-0.05, 0) is 30.5 Å². The van der Waals surface area contributed by atoms with Gasteiger partial charge in [0.25, 0.3) is 0 Å². The molecule has 154 valence electrons. The number of carbonyl (C=O) groups excluding carboxylic acids is 2. The highest BCUT2D eigenvalue weighted by atomic mass is 32.1. The zero-order valence-electron chi connectivity index (χ0n) is 17.2. The van der Waals surface area contributed by atoms with Crippen LogP contribution in [0.1, 0.15) is 30.7 Å². The standard InChI is InChI=1S/C24H25N3O2S/c1-3-16-10-12-19(13-11-16)27-15-18(14-21(27)28)23(29)26-24-25-22(20(4-2)30-24)17-8-6-5-7-9-17/h5-13,18H,3-4,14-15H2,1-2H3,(H,25,26,29). The normalized spacial score (nSPS) is 16.1. The third-order valence-corrected chi connectivity index (χ3v) is 6.56. The van der Waals surface area contributed by atoms with E-state index in [2.05, 4.69) is 24.1 Å². The van der Waals surface area contributed by atoms with Crippen molar-refractivity contribution in [3.63, 3.8) is 0 Å². The molecule has 5 nitrogen and oxygen atoms in total. The monoisotopic (exact) mass is 419 g/mol. The SMILES string of the molecule is CCc1ccc(N2CC(C(=O)Nc3nc(-c4ccccc4)c(CC)s3)CC2=O)cc1. The fourth-order valence-corrected chi connectivity index (χ4v) is 4.64. The number of aromatic nitrogens is 1. The van der Waals surface area contributed by atoms with Gasteiger partial charge in [-0.3, -0.25) is 9.59 Å². The van der Waals surface area contributed by atoms with Crippen LogP contribution in [0.3, 0.4) is 0 Å². The van der Waals surface area contributed by atoms with Crippen LogP contribution in [0.25, 0.3) is 11.3 Å². The largest absolute Gasteiger partial charge is 0.312 e. The molecule has 1 aliphatic heterocycles. The smallest absolute Gasteiger partial charge is 0.231 e. The van der Waals surface area contributed by atoms with E-state index >= 15 is 0 Å². The Bertz CT molecular complexity index is 1040. The molecule has 0 saturated carbocycles. The lowest BCUT2D eigenvalue weighted by Crippen LogP contribution is -2.28. The fraction of sp³-hybridized carbons (Fsp3) is 0.292. The maximum Gasteiger partial charge on any atom is 0.231 e. The van der Waals surface area contributed by atoms with Gasteiger partial charge in [-0.1, -0.05) is 56.3 Å². The van der Waals surface area contributed by atoms with E-state index in [1.54, 1.807) is 4.90 Å². The Labute approximate surface area is 180 Å². The summed E-state index contributed by atoms with van der Waals surface area (Å²) in [4.78, 5) is 32.9. The molecule has 1 N–H and O–H groups in total. The van der Waals surface area contributed by atoms with Crippen LogP contribution in [-0.4, -0.2) is 23.3 Å². The minimum Gasteiger partial charge on any atom is -0.312 e. The van der Waals surface area contributed by atoms with Crippen LogP contribution >= 0.6 is 11.3 Å². The molecule has 0 aliphatic carbocycles. The van der Waals surface area contributed by atoms with E-state index in [1.807, 2.05) is 54.6 Å². The van der Waals surface area contributed by atoms with Gasteiger partial charge in [-0.2, -0.15) is 0 Å². The topological polar surface area (TPSA) is 62.3 Å². The Morgan fingerprint density at radius 1 is 1.10 bits per heavy atom. The number of rotatable bonds is 6. The highest BCUT2D eigenvalue weighted by Gasteiger charge is 2.35. The van der Waals surface area contributed by atoms with E-state index in [9.17, 15) is 9.59 Å². The first-order valence-electron chi connectivity index (χ1n) is 10.3. The number of carbonyl (C=O) groups is 2. The average molecular weight is 420 g/mol. The molecule has 4 rings (SSSR count). The lowest BCUT2D eigenvalue weighted by molar-refractivity contribution is -0.122. The van der Waals surface area contributed by atoms with Gasteiger partial charge in [0.1, 0.15) is 0 Å². The Balaban J connectivity index is 1.47. The zero-order valence-corrected chi connectivity index (χ0v) is 18.0. The summed E-state index contributed by atoms with van der Waals surface area (Å²) in [6.07, 6.45) is 2.03. The van der Waals surface area contributed by atoms with Gasteiger partial charge in [0, 0.05) is 29.1 Å². The molecular formula is C24H25N3O2S. The number of anilines is 2. The Morgan fingerprint density at radius 2 is 1.83 bits per heavy atom. The third-order valence-electron chi connectivity index (χ3n) is 5.45. The van der Waals surface area contributed by atoms with Crippen molar-refractivity contribution in [3.8, 4) is 11.3 Å². The van der Waals surface area contributed by atoms with E-state index in [-0.39, 0.29) is 24.2 Å². The van der Waals surface area contributed by atoms with Crippen molar-refractivity contribution in [1.29, 1.82) is 0 Å². The number of benzene rings is 2. The second-order valence-corrected chi connectivity index (χ2v) is 8.51. The maximum absolute atomic E-state index is 12.9. The summed E-state index contributed by atoms with van der Waals surface area (Å²) >= 11 is 1.50. The van der Waals surface area contributed by atoms with Gasteiger partial charge in [-0.15, -0.1) is 11.3 Å². The molecule has 3 aromatic rings. The minimum atomic E-state index is -0.377. The van der Waals surface area contributed by atoms with Gasteiger partial charge < -0.3 is 10.2 Å². The van der Waals surface area contributed by atoms with Crippen LogP contribution in [0.4, 0.5) is 10.8 Å². The van der Waals surface area contributed by atoms with Crippen molar-refractivity contribution in [1.82, 2.24) is 4.98 Å². The number of nitrogens with zero attached hydrogens (tertiary/aromatic N) is 2. The van der Waals surface area contributed by atoms with E-state index in [0.717, 1.165) is 34.7 Å².